The van der Waals surface area contributed by atoms with Crippen LogP contribution in [0.4, 0.5) is 5.69 Å². The number of hydrogen-bond donors (Lipinski definition) is 2. The highest BCUT2D eigenvalue weighted by Gasteiger charge is 2.39. The molecule has 0 spiro atoms. The summed E-state index contributed by atoms with van der Waals surface area (Å²) in [5, 5.41) is 3.12. The summed E-state index contributed by atoms with van der Waals surface area (Å²) in [6, 6.07) is 6.63. The summed E-state index contributed by atoms with van der Waals surface area (Å²) in [5.41, 5.74) is 9.38. The Bertz CT molecular complexity index is 613. The minimum Gasteiger partial charge on any atom is -0.370 e. The summed E-state index contributed by atoms with van der Waals surface area (Å²) >= 11 is 0. The van der Waals surface area contributed by atoms with Gasteiger partial charge in [0.1, 0.15) is 0 Å². The molecule has 3 rings (SSSR count). The largest absolute Gasteiger partial charge is 0.370 e. The fraction of sp³-hybridized carbons (Fsp3) is 0.529. The fourth-order valence-corrected chi connectivity index (χ4v) is 2.90. The number of amides is 1. The molecule has 3 N–H and O–H groups in total. The van der Waals surface area contributed by atoms with Crippen LogP contribution in [0.25, 0.3) is 0 Å². The summed E-state index contributed by atoms with van der Waals surface area (Å²) in [6.07, 6.45) is 2.94. The summed E-state index contributed by atoms with van der Waals surface area (Å²) in [4.78, 5) is 18.3. The SMILES string of the molecule is Cc1ccc(NC(N)=NCC2CC(=O)N(C3CC3)C2)cc1C.I. The number of anilines is 1. The minimum absolute atomic E-state index is 0. The molecule has 1 saturated carbocycles. The molecule has 1 amide bonds. The Morgan fingerprint density at radius 1 is 1.35 bits per heavy atom. The Morgan fingerprint density at radius 3 is 2.74 bits per heavy atom. The first-order valence-corrected chi connectivity index (χ1v) is 7.96. The second-order valence-corrected chi connectivity index (χ2v) is 6.50. The van der Waals surface area contributed by atoms with E-state index in [0.29, 0.717) is 30.9 Å². The van der Waals surface area contributed by atoms with Crippen LogP contribution in [0.5, 0.6) is 0 Å². The smallest absolute Gasteiger partial charge is 0.223 e. The highest BCUT2D eigenvalue weighted by molar-refractivity contribution is 14.0. The van der Waals surface area contributed by atoms with Gasteiger partial charge in [-0.05, 0) is 49.9 Å². The number of halogens is 1. The van der Waals surface area contributed by atoms with Crippen molar-refractivity contribution in [2.24, 2.45) is 16.6 Å². The molecular formula is C17H25IN4O. The van der Waals surface area contributed by atoms with Crippen LogP contribution >= 0.6 is 24.0 Å². The molecule has 23 heavy (non-hydrogen) atoms. The molecule has 126 valence electrons. The Labute approximate surface area is 154 Å². The van der Waals surface area contributed by atoms with E-state index < -0.39 is 0 Å². The zero-order valence-corrected chi connectivity index (χ0v) is 16.0. The Morgan fingerprint density at radius 2 is 2.09 bits per heavy atom. The molecule has 1 aliphatic carbocycles. The van der Waals surface area contributed by atoms with Crippen molar-refractivity contribution >= 4 is 41.5 Å². The molecule has 1 unspecified atom stereocenters. The Balaban J connectivity index is 0.00000192. The summed E-state index contributed by atoms with van der Waals surface area (Å²) in [5.74, 6) is 0.997. The summed E-state index contributed by atoms with van der Waals surface area (Å²) < 4.78 is 0. The quantitative estimate of drug-likeness (QED) is 0.440. The zero-order valence-electron chi connectivity index (χ0n) is 13.7. The number of benzene rings is 1. The molecular weight excluding hydrogens is 403 g/mol. The number of nitrogens with two attached hydrogens (primary N) is 1. The molecule has 1 aromatic carbocycles. The van der Waals surface area contributed by atoms with Crippen molar-refractivity contribution in [1.29, 1.82) is 0 Å². The second-order valence-electron chi connectivity index (χ2n) is 6.50. The molecule has 1 heterocycles. The minimum atomic E-state index is 0. The van der Waals surface area contributed by atoms with E-state index in [1.807, 2.05) is 11.0 Å². The second kappa shape index (κ2) is 7.51. The van der Waals surface area contributed by atoms with Crippen molar-refractivity contribution in [1.82, 2.24) is 4.90 Å². The molecule has 6 heteroatoms. The van der Waals surface area contributed by atoms with Gasteiger partial charge in [0.15, 0.2) is 5.96 Å². The summed E-state index contributed by atoms with van der Waals surface area (Å²) in [7, 11) is 0. The average molecular weight is 428 g/mol. The van der Waals surface area contributed by atoms with Crippen LogP contribution in [0.15, 0.2) is 23.2 Å². The molecule has 0 aromatic heterocycles. The van der Waals surface area contributed by atoms with Crippen LogP contribution in [0.1, 0.15) is 30.4 Å². The van der Waals surface area contributed by atoms with E-state index in [2.05, 4.69) is 36.3 Å². The van der Waals surface area contributed by atoms with Gasteiger partial charge in [0, 0.05) is 37.2 Å². The number of aryl methyl sites for hydroxylation is 2. The van der Waals surface area contributed by atoms with E-state index in [0.717, 1.165) is 25.1 Å². The van der Waals surface area contributed by atoms with Gasteiger partial charge in [0.05, 0.1) is 0 Å². The predicted octanol–water partition coefficient (Wildman–Crippen LogP) is 2.66. The van der Waals surface area contributed by atoms with Gasteiger partial charge in [-0.15, -0.1) is 24.0 Å². The maximum atomic E-state index is 11.9. The molecule has 0 bridgehead atoms. The number of rotatable bonds is 4. The van der Waals surface area contributed by atoms with E-state index in [4.69, 9.17) is 5.73 Å². The van der Waals surface area contributed by atoms with E-state index >= 15 is 0 Å². The fourth-order valence-electron chi connectivity index (χ4n) is 2.90. The lowest BCUT2D eigenvalue weighted by atomic mass is 10.1. The molecule has 1 atom stereocenters. The molecule has 2 fully saturated rings. The number of carbonyl (C=O) groups is 1. The summed E-state index contributed by atoms with van der Waals surface area (Å²) in [6.45, 7) is 5.60. The molecule has 1 saturated heterocycles. The number of nitrogens with one attached hydrogen (secondary N) is 1. The van der Waals surface area contributed by atoms with Crippen LogP contribution in [-0.4, -0.2) is 35.9 Å². The number of likely N-dealkylation sites (tertiary alicyclic amines) is 1. The van der Waals surface area contributed by atoms with Crippen molar-refractivity contribution in [2.75, 3.05) is 18.4 Å². The lowest BCUT2D eigenvalue weighted by molar-refractivity contribution is -0.128. The lowest BCUT2D eigenvalue weighted by Gasteiger charge is -2.14. The van der Waals surface area contributed by atoms with Gasteiger partial charge in [-0.3, -0.25) is 9.79 Å². The number of hydrogen-bond acceptors (Lipinski definition) is 2. The third-order valence-corrected chi connectivity index (χ3v) is 4.53. The normalized spacial score (nSPS) is 21.3. The van der Waals surface area contributed by atoms with Crippen LogP contribution in [0, 0.1) is 19.8 Å². The number of nitrogens with zero attached hydrogens (tertiary/aromatic N) is 2. The lowest BCUT2D eigenvalue weighted by Crippen LogP contribution is -2.28. The predicted molar refractivity (Wildman–Crippen MR) is 104 cm³/mol. The average Bonchev–Trinajstić information content (AvgIpc) is 3.24. The van der Waals surface area contributed by atoms with Crippen LogP contribution in [0.3, 0.4) is 0 Å². The van der Waals surface area contributed by atoms with Crippen LogP contribution in [0.2, 0.25) is 0 Å². The topological polar surface area (TPSA) is 70.7 Å². The first kappa shape index (κ1) is 18.0. The van der Waals surface area contributed by atoms with E-state index in [-0.39, 0.29) is 29.9 Å². The van der Waals surface area contributed by atoms with Gasteiger partial charge < -0.3 is 16.0 Å². The highest BCUT2D eigenvalue weighted by atomic mass is 127. The third-order valence-electron chi connectivity index (χ3n) is 4.53. The van der Waals surface area contributed by atoms with E-state index in [1.165, 1.54) is 11.1 Å². The van der Waals surface area contributed by atoms with Crippen molar-refractivity contribution in [2.45, 2.75) is 39.2 Å². The zero-order chi connectivity index (χ0) is 15.7. The first-order chi connectivity index (χ1) is 10.5. The number of aliphatic imine (C=N–C) groups is 1. The van der Waals surface area contributed by atoms with E-state index in [1.54, 1.807) is 0 Å². The van der Waals surface area contributed by atoms with Crippen molar-refractivity contribution in [3.63, 3.8) is 0 Å². The monoisotopic (exact) mass is 428 g/mol. The maximum absolute atomic E-state index is 11.9. The van der Waals surface area contributed by atoms with E-state index in [9.17, 15) is 4.79 Å². The van der Waals surface area contributed by atoms with Gasteiger partial charge in [-0.25, -0.2) is 0 Å². The van der Waals surface area contributed by atoms with Crippen LogP contribution < -0.4 is 11.1 Å². The van der Waals surface area contributed by atoms with Crippen LogP contribution in [-0.2, 0) is 4.79 Å². The molecule has 1 aliphatic heterocycles. The van der Waals surface area contributed by atoms with Crippen molar-refractivity contribution in [3.8, 4) is 0 Å². The van der Waals surface area contributed by atoms with Gasteiger partial charge in [-0.2, -0.15) is 0 Å². The molecule has 5 nitrogen and oxygen atoms in total. The molecule has 0 radical (unpaired) electrons. The van der Waals surface area contributed by atoms with Gasteiger partial charge in [0.25, 0.3) is 0 Å². The van der Waals surface area contributed by atoms with Gasteiger partial charge in [0.2, 0.25) is 5.91 Å². The van der Waals surface area contributed by atoms with Gasteiger partial charge >= 0.3 is 0 Å². The molecule has 1 aromatic rings. The number of carbonyl (C=O) groups excluding carboxylic acids is 1. The highest BCUT2D eigenvalue weighted by Crippen LogP contribution is 2.32. The third kappa shape index (κ3) is 4.59. The first-order valence-electron chi connectivity index (χ1n) is 7.96. The van der Waals surface area contributed by atoms with Crippen molar-refractivity contribution < 1.29 is 4.79 Å². The standard InChI is InChI=1S/C17H24N4O.HI/c1-11-3-4-14(7-12(11)2)20-17(18)19-9-13-8-16(22)21(10-13)15-5-6-15;/h3-4,7,13,15H,5-6,8-10H2,1-2H3,(H3,18,19,20);1H. The van der Waals surface area contributed by atoms with Gasteiger partial charge in [-0.1, -0.05) is 6.07 Å². The Kier molecular flexibility index (Phi) is 5.89. The maximum Gasteiger partial charge on any atom is 0.223 e. The number of guanidine groups is 1. The molecule has 2 aliphatic rings. The Hall–Kier alpha value is -1.31. The van der Waals surface area contributed by atoms with Crippen molar-refractivity contribution in [3.05, 3.63) is 29.3 Å².